The van der Waals surface area contributed by atoms with Crippen LogP contribution in [0, 0.1) is 11.3 Å². The van der Waals surface area contributed by atoms with Crippen molar-refractivity contribution in [1.82, 2.24) is 0 Å². The van der Waals surface area contributed by atoms with Gasteiger partial charge in [0.25, 0.3) is 0 Å². The van der Waals surface area contributed by atoms with E-state index in [-0.39, 0.29) is 11.4 Å². The van der Waals surface area contributed by atoms with Crippen molar-refractivity contribution >= 4 is 21.9 Å². The van der Waals surface area contributed by atoms with Crippen LogP contribution in [-0.2, 0) is 9.53 Å². The number of rotatable bonds is 2. The highest BCUT2D eigenvalue weighted by Gasteiger charge is 2.84. The van der Waals surface area contributed by atoms with Crippen LogP contribution in [0.4, 0.5) is 0 Å². The van der Waals surface area contributed by atoms with Gasteiger partial charge >= 0.3 is 5.97 Å². The normalized spacial score (nSPS) is 35.6. The van der Waals surface area contributed by atoms with Gasteiger partial charge < -0.3 is 4.74 Å². The van der Waals surface area contributed by atoms with E-state index < -0.39 is 0 Å². The third-order valence-electron chi connectivity index (χ3n) is 3.70. The summed E-state index contributed by atoms with van der Waals surface area (Å²) in [6.07, 6.45) is 1.01. The van der Waals surface area contributed by atoms with E-state index in [2.05, 4.69) is 28.1 Å². The predicted molar refractivity (Wildman–Crippen MR) is 59.4 cm³/mol. The number of esters is 1. The lowest BCUT2D eigenvalue weighted by Gasteiger charge is -2.10. The van der Waals surface area contributed by atoms with Gasteiger partial charge in [-0.05, 0) is 30.0 Å². The second-order valence-corrected chi connectivity index (χ2v) is 5.29. The highest BCUT2D eigenvalue weighted by atomic mass is 79.9. The van der Waals surface area contributed by atoms with Crippen molar-refractivity contribution in [2.24, 2.45) is 11.3 Å². The minimum absolute atomic E-state index is 0.0274. The van der Waals surface area contributed by atoms with Gasteiger partial charge in [0.1, 0.15) is 0 Å². The number of carbonyl (C=O) groups excluding carboxylic acids is 1. The monoisotopic (exact) mass is 266 g/mol. The summed E-state index contributed by atoms with van der Waals surface area (Å²) < 4.78 is 5.92. The first-order valence-corrected chi connectivity index (χ1v) is 5.83. The maximum atomic E-state index is 11.6. The smallest absolute Gasteiger partial charge is 0.312 e. The molecule has 15 heavy (non-hydrogen) atoms. The van der Waals surface area contributed by atoms with Gasteiger partial charge in [-0.15, -0.1) is 0 Å². The fourth-order valence-corrected chi connectivity index (χ4v) is 2.92. The number of benzene rings is 1. The molecule has 3 atom stereocenters. The van der Waals surface area contributed by atoms with Crippen LogP contribution in [0.25, 0.3) is 0 Å². The zero-order valence-electron chi connectivity index (χ0n) is 8.37. The molecule has 0 saturated heterocycles. The molecular weight excluding hydrogens is 256 g/mol. The third-order valence-corrected chi connectivity index (χ3v) is 4.23. The number of methoxy groups -OCH3 is 1. The van der Waals surface area contributed by atoms with Crippen molar-refractivity contribution < 1.29 is 9.53 Å². The molecule has 0 heterocycles. The summed E-state index contributed by atoms with van der Waals surface area (Å²) >= 11 is 3.41. The Balaban J connectivity index is 1.83. The molecule has 3 heteroatoms. The van der Waals surface area contributed by atoms with Gasteiger partial charge in [-0.25, -0.2) is 0 Å². The van der Waals surface area contributed by atoms with Gasteiger partial charge in [0.05, 0.1) is 12.5 Å². The van der Waals surface area contributed by atoms with Crippen molar-refractivity contribution in [2.75, 3.05) is 7.11 Å². The Bertz CT molecular complexity index is 426. The zero-order valence-corrected chi connectivity index (χ0v) is 9.95. The van der Waals surface area contributed by atoms with Crippen LogP contribution in [0.2, 0.25) is 0 Å². The van der Waals surface area contributed by atoms with Crippen LogP contribution in [0.1, 0.15) is 17.9 Å². The van der Waals surface area contributed by atoms with Gasteiger partial charge in [-0.2, -0.15) is 0 Å². The van der Waals surface area contributed by atoms with Gasteiger partial charge in [-0.3, -0.25) is 4.79 Å². The van der Waals surface area contributed by atoms with Crippen molar-refractivity contribution in [3.8, 4) is 0 Å². The molecule has 0 N–H and O–H groups in total. The Labute approximate surface area is 96.8 Å². The molecule has 2 aliphatic rings. The fraction of sp³-hybridized carbons (Fsp3) is 0.417. The summed E-state index contributed by atoms with van der Waals surface area (Å²) in [5, 5.41) is 0. The fourth-order valence-electron chi connectivity index (χ4n) is 2.66. The quantitative estimate of drug-likeness (QED) is 0.770. The Kier molecular flexibility index (Phi) is 1.78. The Hall–Kier alpha value is -0.830. The molecule has 2 saturated carbocycles. The summed E-state index contributed by atoms with van der Waals surface area (Å²) in [6, 6.07) is 8.23. The molecule has 0 aliphatic heterocycles. The summed E-state index contributed by atoms with van der Waals surface area (Å²) in [7, 11) is 1.48. The highest BCUT2D eigenvalue weighted by molar-refractivity contribution is 9.10. The lowest BCUT2D eigenvalue weighted by Crippen LogP contribution is -2.13. The number of halogens is 1. The summed E-state index contributed by atoms with van der Waals surface area (Å²) in [5.74, 6) is 0.935. The van der Waals surface area contributed by atoms with Crippen LogP contribution in [0.3, 0.4) is 0 Å². The number of hydrogen-bond acceptors (Lipinski definition) is 2. The lowest BCUT2D eigenvalue weighted by atomic mass is 9.97. The number of carbonyl (C=O) groups is 1. The minimum Gasteiger partial charge on any atom is -0.469 e. The van der Waals surface area contributed by atoms with E-state index in [0.29, 0.717) is 11.8 Å². The Morgan fingerprint density at radius 2 is 2.13 bits per heavy atom. The number of hydrogen-bond donors (Lipinski definition) is 0. The zero-order chi connectivity index (χ0) is 10.6. The molecule has 1 aromatic rings. The first kappa shape index (κ1) is 9.40. The van der Waals surface area contributed by atoms with E-state index in [1.807, 2.05) is 12.1 Å². The first-order valence-electron chi connectivity index (χ1n) is 5.04. The molecule has 78 valence electrons. The Morgan fingerprint density at radius 3 is 2.67 bits per heavy atom. The summed E-state index contributed by atoms with van der Waals surface area (Å²) in [6.45, 7) is 0. The molecule has 3 rings (SSSR count). The molecule has 0 aromatic heterocycles. The van der Waals surface area contributed by atoms with Gasteiger partial charge in [-0.1, -0.05) is 28.1 Å². The molecule has 2 aliphatic carbocycles. The average Bonchev–Trinajstić information content (AvgIpc) is 3.08. The predicted octanol–water partition coefficient (Wildman–Crippen LogP) is 2.73. The van der Waals surface area contributed by atoms with Gasteiger partial charge in [0.15, 0.2) is 0 Å². The number of fused-ring (bicyclic) bond motifs is 1. The van der Waals surface area contributed by atoms with Crippen molar-refractivity contribution in [2.45, 2.75) is 12.3 Å². The third kappa shape index (κ3) is 1.13. The van der Waals surface area contributed by atoms with Crippen molar-refractivity contribution in [3.05, 3.63) is 34.3 Å². The average molecular weight is 267 g/mol. The molecule has 0 bridgehead atoms. The van der Waals surface area contributed by atoms with Crippen LogP contribution < -0.4 is 0 Å². The lowest BCUT2D eigenvalue weighted by molar-refractivity contribution is -0.144. The van der Waals surface area contributed by atoms with E-state index in [1.165, 1.54) is 12.7 Å². The number of ether oxygens (including phenoxy) is 1. The van der Waals surface area contributed by atoms with E-state index in [1.54, 1.807) is 0 Å². The second kappa shape index (κ2) is 2.85. The molecule has 0 unspecified atom stereocenters. The first-order chi connectivity index (χ1) is 7.20. The van der Waals surface area contributed by atoms with Crippen LogP contribution in [0.15, 0.2) is 28.7 Å². The molecule has 1 aromatic carbocycles. The molecule has 0 radical (unpaired) electrons. The molecule has 2 fully saturated rings. The molecule has 0 spiro atoms. The highest BCUT2D eigenvalue weighted by Crippen LogP contribution is 2.84. The Morgan fingerprint density at radius 1 is 1.47 bits per heavy atom. The van der Waals surface area contributed by atoms with E-state index >= 15 is 0 Å². The van der Waals surface area contributed by atoms with Crippen LogP contribution in [0.5, 0.6) is 0 Å². The SMILES string of the molecule is COC(=O)[C@@]12C[C@@H]1[C@H]2c1ccc(Br)cc1. The molecule has 0 amide bonds. The van der Waals surface area contributed by atoms with Crippen molar-refractivity contribution in [1.29, 1.82) is 0 Å². The van der Waals surface area contributed by atoms with Crippen LogP contribution >= 0.6 is 15.9 Å². The van der Waals surface area contributed by atoms with Crippen LogP contribution in [-0.4, -0.2) is 13.1 Å². The largest absolute Gasteiger partial charge is 0.469 e. The van der Waals surface area contributed by atoms with E-state index in [0.717, 1.165) is 10.9 Å². The summed E-state index contributed by atoms with van der Waals surface area (Å²) in [5.41, 5.74) is 1.13. The van der Waals surface area contributed by atoms with E-state index in [9.17, 15) is 4.79 Å². The summed E-state index contributed by atoms with van der Waals surface area (Å²) in [4.78, 5) is 11.6. The maximum absolute atomic E-state index is 11.6. The molecular formula is C12H11BrO2. The van der Waals surface area contributed by atoms with Gasteiger partial charge in [0, 0.05) is 10.4 Å². The van der Waals surface area contributed by atoms with Crippen molar-refractivity contribution in [3.63, 3.8) is 0 Å². The standard InChI is InChI=1S/C12H11BrO2/c1-15-11(14)12-6-9(12)10(12)7-2-4-8(13)5-3-7/h2-5,9-10H,6H2,1H3/t9-,10-,12+/m1/s1. The maximum Gasteiger partial charge on any atom is 0.312 e. The van der Waals surface area contributed by atoms with E-state index in [4.69, 9.17) is 4.74 Å². The minimum atomic E-state index is -0.136. The topological polar surface area (TPSA) is 26.3 Å². The second-order valence-electron chi connectivity index (χ2n) is 4.37. The van der Waals surface area contributed by atoms with Gasteiger partial charge in [0.2, 0.25) is 0 Å². The molecule has 2 nitrogen and oxygen atoms in total.